The van der Waals surface area contributed by atoms with Crippen LogP contribution in [-0.2, 0) is 12.8 Å². The van der Waals surface area contributed by atoms with Gasteiger partial charge in [-0.2, -0.15) is 5.10 Å². The molecule has 0 amide bonds. The molecule has 116 valence electrons. The van der Waals surface area contributed by atoms with Crippen LogP contribution in [0.2, 0.25) is 5.02 Å². The van der Waals surface area contributed by atoms with E-state index in [9.17, 15) is 4.79 Å². The Hall–Kier alpha value is -2.39. The first kappa shape index (κ1) is 15.5. The first-order valence-electron chi connectivity index (χ1n) is 7.47. The lowest BCUT2D eigenvalue weighted by Crippen LogP contribution is -2.07. The van der Waals surface area contributed by atoms with Crippen LogP contribution in [0.1, 0.15) is 27.9 Å². The third kappa shape index (κ3) is 4.08. The van der Waals surface area contributed by atoms with Crippen LogP contribution in [0.15, 0.2) is 59.4 Å². The zero-order valence-corrected chi connectivity index (χ0v) is 13.6. The third-order valence-electron chi connectivity index (χ3n) is 3.84. The van der Waals surface area contributed by atoms with E-state index in [1.165, 1.54) is 28.3 Å². The monoisotopic (exact) mass is 324 g/mol. The molecule has 1 aromatic heterocycles. The van der Waals surface area contributed by atoms with Gasteiger partial charge in [0.1, 0.15) is 0 Å². The van der Waals surface area contributed by atoms with Crippen molar-refractivity contribution < 1.29 is 0 Å². The van der Waals surface area contributed by atoms with E-state index in [4.69, 9.17) is 11.6 Å². The van der Waals surface area contributed by atoms with Crippen molar-refractivity contribution in [3.8, 4) is 0 Å². The average molecular weight is 325 g/mol. The standard InChI is InChI=1S/C19H17ClN2O/c1-13-2-3-15(12-18-8-9-19(23)22-21-18)11-16(13)10-14-4-6-17(20)7-5-14/h2-9,11H,10,12H2,1H3,(H,22,23). The number of aromatic nitrogens is 2. The SMILES string of the molecule is Cc1ccc(Cc2ccc(=O)[nH]n2)cc1Cc1ccc(Cl)cc1. The average Bonchev–Trinajstić information content (AvgIpc) is 2.55. The van der Waals surface area contributed by atoms with Gasteiger partial charge in [0.25, 0.3) is 5.56 Å². The van der Waals surface area contributed by atoms with Crippen molar-refractivity contribution in [2.24, 2.45) is 0 Å². The predicted octanol–water partition coefficient (Wildman–Crippen LogP) is 3.91. The normalized spacial score (nSPS) is 10.7. The zero-order chi connectivity index (χ0) is 16.2. The Morgan fingerprint density at radius 2 is 1.70 bits per heavy atom. The van der Waals surface area contributed by atoms with Crippen molar-refractivity contribution in [3.05, 3.63) is 97.9 Å². The molecule has 2 aromatic carbocycles. The number of rotatable bonds is 4. The van der Waals surface area contributed by atoms with Crippen LogP contribution in [0.4, 0.5) is 0 Å². The van der Waals surface area contributed by atoms with E-state index in [2.05, 4.69) is 47.5 Å². The second-order valence-corrected chi connectivity index (χ2v) is 6.09. The first-order chi connectivity index (χ1) is 11.1. The molecular weight excluding hydrogens is 308 g/mol. The summed E-state index contributed by atoms with van der Waals surface area (Å²) in [6.45, 7) is 2.12. The molecule has 3 aromatic rings. The van der Waals surface area contributed by atoms with Gasteiger partial charge in [0.05, 0.1) is 5.69 Å². The summed E-state index contributed by atoms with van der Waals surface area (Å²) in [5, 5.41) is 7.29. The Labute approximate surface area is 140 Å². The topological polar surface area (TPSA) is 45.8 Å². The van der Waals surface area contributed by atoms with Crippen molar-refractivity contribution in [3.63, 3.8) is 0 Å². The summed E-state index contributed by atoms with van der Waals surface area (Å²) in [7, 11) is 0. The summed E-state index contributed by atoms with van der Waals surface area (Å²) < 4.78 is 0. The molecule has 1 N–H and O–H groups in total. The molecule has 0 aliphatic heterocycles. The maximum atomic E-state index is 11.1. The molecule has 23 heavy (non-hydrogen) atoms. The van der Waals surface area contributed by atoms with Crippen LogP contribution < -0.4 is 5.56 Å². The molecule has 0 aliphatic rings. The number of hydrogen-bond acceptors (Lipinski definition) is 2. The summed E-state index contributed by atoms with van der Waals surface area (Å²) >= 11 is 5.94. The molecule has 3 rings (SSSR count). The van der Waals surface area contributed by atoms with Gasteiger partial charge in [-0.3, -0.25) is 4.79 Å². The van der Waals surface area contributed by atoms with Crippen molar-refractivity contribution >= 4 is 11.6 Å². The quantitative estimate of drug-likeness (QED) is 0.790. The van der Waals surface area contributed by atoms with Crippen molar-refractivity contribution in [1.29, 1.82) is 0 Å². The fourth-order valence-corrected chi connectivity index (χ4v) is 2.65. The van der Waals surface area contributed by atoms with Crippen molar-refractivity contribution in [2.45, 2.75) is 19.8 Å². The van der Waals surface area contributed by atoms with Crippen LogP contribution in [0, 0.1) is 6.92 Å². The summed E-state index contributed by atoms with van der Waals surface area (Å²) in [6, 6.07) is 17.6. The molecule has 0 fully saturated rings. The number of halogens is 1. The van der Waals surface area contributed by atoms with Crippen LogP contribution >= 0.6 is 11.6 Å². The van der Waals surface area contributed by atoms with Gasteiger partial charge in [-0.15, -0.1) is 0 Å². The third-order valence-corrected chi connectivity index (χ3v) is 4.10. The Bertz CT molecular complexity index is 849. The number of nitrogens with one attached hydrogen (secondary N) is 1. The molecule has 0 unspecified atom stereocenters. The Morgan fingerprint density at radius 1 is 0.957 bits per heavy atom. The molecule has 1 heterocycles. The molecule has 3 nitrogen and oxygen atoms in total. The van der Waals surface area contributed by atoms with Crippen LogP contribution in [0.3, 0.4) is 0 Å². The van der Waals surface area contributed by atoms with E-state index in [1.807, 2.05) is 12.1 Å². The summed E-state index contributed by atoms with van der Waals surface area (Å²) in [6.07, 6.45) is 1.57. The number of H-pyrrole nitrogens is 1. The lowest BCUT2D eigenvalue weighted by atomic mass is 9.97. The lowest BCUT2D eigenvalue weighted by molar-refractivity contribution is 0.909. The van der Waals surface area contributed by atoms with Gasteiger partial charge in [-0.1, -0.05) is 41.9 Å². The number of nitrogens with zero attached hydrogens (tertiary/aromatic N) is 1. The molecular formula is C19H17ClN2O. The van der Waals surface area contributed by atoms with E-state index < -0.39 is 0 Å². The number of aromatic amines is 1. The van der Waals surface area contributed by atoms with Gasteiger partial charge in [0.15, 0.2) is 0 Å². The maximum absolute atomic E-state index is 11.1. The highest BCUT2D eigenvalue weighted by atomic mass is 35.5. The highest BCUT2D eigenvalue weighted by Crippen LogP contribution is 2.19. The number of aryl methyl sites for hydroxylation is 1. The maximum Gasteiger partial charge on any atom is 0.264 e. The second-order valence-electron chi connectivity index (χ2n) is 5.65. The minimum absolute atomic E-state index is 0.180. The molecule has 4 heteroatoms. The highest BCUT2D eigenvalue weighted by Gasteiger charge is 2.04. The van der Waals surface area contributed by atoms with E-state index in [1.54, 1.807) is 6.07 Å². The Morgan fingerprint density at radius 3 is 2.39 bits per heavy atom. The minimum Gasteiger partial charge on any atom is -0.268 e. The fraction of sp³-hybridized carbons (Fsp3) is 0.158. The molecule has 0 aliphatic carbocycles. The van der Waals surface area contributed by atoms with Gasteiger partial charge < -0.3 is 0 Å². The molecule has 0 saturated carbocycles. The molecule has 0 saturated heterocycles. The van der Waals surface area contributed by atoms with Gasteiger partial charge in [0, 0.05) is 17.5 Å². The van der Waals surface area contributed by atoms with Gasteiger partial charge in [-0.05, 0) is 53.8 Å². The molecule has 0 atom stereocenters. The second kappa shape index (κ2) is 6.80. The summed E-state index contributed by atoms with van der Waals surface area (Å²) in [5.41, 5.74) is 5.63. The van der Waals surface area contributed by atoms with E-state index in [0.29, 0.717) is 6.42 Å². The predicted molar refractivity (Wildman–Crippen MR) is 93.1 cm³/mol. The highest BCUT2D eigenvalue weighted by molar-refractivity contribution is 6.30. The number of benzene rings is 2. The van der Waals surface area contributed by atoms with E-state index >= 15 is 0 Å². The van der Waals surface area contributed by atoms with Gasteiger partial charge >= 0.3 is 0 Å². The molecule has 0 bridgehead atoms. The van der Waals surface area contributed by atoms with E-state index in [-0.39, 0.29) is 5.56 Å². The fourth-order valence-electron chi connectivity index (χ4n) is 2.53. The first-order valence-corrected chi connectivity index (χ1v) is 7.85. The van der Waals surface area contributed by atoms with Crippen LogP contribution in [0.5, 0.6) is 0 Å². The van der Waals surface area contributed by atoms with E-state index in [0.717, 1.165) is 17.1 Å². The largest absolute Gasteiger partial charge is 0.268 e. The Balaban J connectivity index is 1.82. The van der Waals surface area contributed by atoms with Crippen molar-refractivity contribution in [1.82, 2.24) is 10.2 Å². The number of hydrogen-bond donors (Lipinski definition) is 1. The van der Waals surface area contributed by atoms with Crippen molar-refractivity contribution in [2.75, 3.05) is 0 Å². The summed E-state index contributed by atoms with van der Waals surface area (Å²) in [5.74, 6) is 0. The molecule has 0 radical (unpaired) electrons. The van der Waals surface area contributed by atoms with Gasteiger partial charge in [-0.25, -0.2) is 5.10 Å². The summed E-state index contributed by atoms with van der Waals surface area (Å²) in [4.78, 5) is 11.1. The van der Waals surface area contributed by atoms with Gasteiger partial charge in [0.2, 0.25) is 0 Å². The zero-order valence-electron chi connectivity index (χ0n) is 12.8. The smallest absolute Gasteiger partial charge is 0.264 e. The molecule has 0 spiro atoms. The Kier molecular flexibility index (Phi) is 4.58. The van der Waals surface area contributed by atoms with Crippen LogP contribution in [0.25, 0.3) is 0 Å². The lowest BCUT2D eigenvalue weighted by Gasteiger charge is -2.09. The minimum atomic E-state index is -0.180. The van der Waals surface area contributed by atoms with Crippen LogP contribution in [-0.4, -0.2) is 10.2 Å².